The Morgan fingerprint density at radius 3 is 2.59 bits per heavy atom. The molecule has 0 radical (unpaired) electrons. The van der Waals surface area contributed by atoms with Crippen molar-refractivity contribution in [2.75, 3.05) is 5.32 Å². The van der Waals surface area contributed by atoms with Gasteiger partial charge in [-0.3, -0.25) is 15.1 Å². The van der Waals surface area contributed by atoms with Crippen molar-refractivity contribution in [2.45, 2.75) is 19.4 Å². The van der Waals surface area contributed by atoms with Gasteiger partial charge in [0.2, 0.25) is 0 Å². The summed E-state index contributed by atoms with van der Waals surface area (Å²) in [5.74, 6) is 0. The molecule has 0 aliphatic rings. The molecule has 1 aromatic heterocycles. The molecule has 0 aliphatic heterocycles. The molecule has 0 fully saturated rings. The van der Waals surface area contributed by atoms with Crippen LogP contribution >= 0.6 is 11.6 Å². The van der Waals surface area contributed by atoms with Crippen LogP contribution in [0.4, 0.5) is 16.2 Å². The van der Waals surface area contributed by atoms with E-state index in [1.165, 1.54) is 18.2 Å². The van der Waals surface area contributed by atoms with Gasteiger partial charge in [-0.1, -0.05) is 47.5 Å². The number of carbonyl (C=O) groups is 1. The highest BCUT2D eigenvalue weighted by atomic mass is 35.5. The molecule has 0 spiro atoms. The smallest absolute Gasteiger partial charge is 0.319 e. The van der Waals surface area contributed by atoms with E-state index in [1.54, 1.807) is 12.3 Å². The number of halogens is 1. The molecule has 3 aromatic rings. The van der Waals surface area contributed by atoms with E-state index in [1.807, 2.05) is 43.3 Å². The first-order chi connectivity index (χ1) is 13.9. The van der Waals surface area contributed by atoms with Gasteiger partial charge in [0, 0.05) is 18.0 Å². The number of aromatic nitrogens is 1. The average molecular weight is 411 g/mol. The number of amides is 2. The molecule has 3 rings (SSSR count). The summed E-state index contributed by atoms with van der Waals surface area (Å²) >= 11 is 5.82. The highest BCUT2D eigenvalue weighted by molar-refractivity contribution is 6.32. The number of nitro groups is 1. The molecule has 148 valence electrons. The fourth-order valence-electron chi connectivity index (χ4n) is 2.83. The van der Waals surface area contributed by atoms with Crippen LogP contribution in [0, 0.1) is 17.0 Å². The quantitative estimate of drug-likeness (QED) is 0.438. The van der Waals surface area contributed by atoms with Gasteiger partial charge >= 0.3 is 6.03 Å². The zero-order chi connectivity index (χ0) is 20.8. The maximum atomic E-state index is 12.6. The van der Waals surface area contributed by atoms with Crippen LogP contribution in [0.15, 0.2) is 66.9 Å². The van der Waals surface area contributed by atoms with Crippen molar-refractivity contribution in [3.63, 3.8) is 0 Å². The van der Waals surface area contributed by atoms with Crippen LogP contribution in [0.5, 0.6) is 0 Å². The first kappa shape index (κ1) is 20.3. The lowest BCUT2D eigenvalue weighted by Gasteiger charge is -2.19. The highest BCUT2D eigenvalue weighted by Crippen LogP contribution is 2.27. The third kappa shape index (κ3) is 5.52. The summed E-state index contributed by atoms with van der Waals surface area (Å²) in [6.45, 7) is 2.01. The van der Waals surface area contributed by atoms with E-state index in [4.69, 9.17) is 11.6 Å². The number of carbonyl (C=O) groups excluding carboxylic acids is 1. The largest absolute Gasteiger partial charge is 0.329 e. The van der Waals surface area contributed by atoms with Crippen LogP contribution in [0.3, 0.4) is 0 Å². The van der Waals surface area contributed by atoms with Crippen LogP contribution < -0.4 is 10.6 Å². The lowest BCUT2D eigenvalue weighted by atomic mass is 10.0. The van der Waals surface area contributed by atoms with Crippen LogP contribution in [-0.4, -0.2) is 15.9 Å². The third-order valence-electron chi connectivity index (χ3n) is 4.31. The van der Waals surface area contributed by atoms with E-state index in [9.17, 15) is 14.9 Å². The molecule has 2 N–H and O–H groups in total. The SMILES string of the molecule is Cc1ccc(CC(NC(=O)Nc2ccc(Cl)c([N+](=O)[O-])c2)c2ccccn2)cc1. The zero-order valence-electron chi connectivity index (χ0n) is 15.6. The minimum atomic E-state index is -0.598. The fourth-order valence-corrected chi connectivity index (χ4v) is 3.01. The average Bonchev–Trinajstić information content (AvgIpc) is 2.71. The van der Waals surface area contributed by atoms with E-state index in [0.29, 0.717) is 12.1 Å². The number of nitrogens with one attached hydrogen (secondary N) is 2. The van der Waals surface area contributed by atoms with Gasteiger partial charge in [-0.25, -0.2) is 4.79 Å². The van der Waals surface area contributed by atoms with Crippen LogP contribution in [0.2, 0.25) is 5.02 Å². The molecule has 29 heavy (non-hydrogen) atoms. The summed E-state index contributed by atoms with van der Waals surface area (Å²) < 4.78 is 0. The minimum Gasteiger partial charge on any atom is -0.329 e. The first-order valence-electron chi connectivity index (χ1n) is 8.90. The molecule has 7 nitrogen and oxygen atoms in total. The monoisotopic (exact) mass is 410 g/mol. The lowest BCUT2D eigenvalue weighted by Crippen LogP contribution is -2.34. The van der Waals surface area contributed by atoms with E-state index >= 15 is 0 Å². The predicted molar refractivity (Wildman–Crippen MR) is 112 cm³/mol. The van der Waals surface area contributed by atoms with E-state index in [-0.39, 0.29) is 22.4 Å². The second kappa shape index (κ2) is 9.16. The van der Waals surface area contributed by atoms with Gasteiger partial charge < -0.3 is 10.6 Å². The number of nitrogens with zero attached hydrogens (tertiary/aromatic N) is 2. The molecule has 1 atom stereocenters. The summed E-state index contributed by atoms with van der Waals surface area (Å²) in [6, 6.07) is 16.8. The molecule has 1 heterocycles. The number of anilines is 1. The van der Waals surface area contributed by atoms with Crippen molar-refractivity contribution >= 4 is 29.0 Å². The summed E-state index contributed by atoms with van der Waals surface area (Å²) in [5, 5.41) is 16.6. The molecule has 0 aliphatic carbocycles. The minimum absolute atomic E-state index is 0.00620. The highest BCUT2D eigenvalue weighted by Gasteiger charge is 2.18. The molecular weight excluding hydrogens is 392 g/mol. The number of rotatable bonds is 6. The Balaban J connectivity index is 1.76. The van der Waals surface area contributed by atoms with Crippen molar-refractivity contribution in [1.82, 2.24) is 10.3 Å². The molecule has 0 saturated carbocycles. The van der Waals surface area contributed by atoms with E-state index < -0.39 is 11.0 Å². The van der Waals surface area contributed by atoms with Gasteiger partial charge in [0.05, 0.1) is 16.7 Å². The van der Waals surface area contributed by atoms with Crippen LogP contribution in [-0.2, 0) is 6.42 Å². The maximum absolute atomic E-state index is 12.6. The lowest BCUT2D eigenvalue weighted by molar-refractivity contribution is -0.384. The Kier molecular flexibility index (Phi) is 6.41. The predicted octanol–water partition coefficient (Wildman–Crippen LogP) is 5.06. The molecule has 0 saturated heterocycles. The number of nitro benzene ring substituents is 1. The van der Waals surface area contributed by atoms with Crippen LogP contribution in [0.25, 0.3) is 0 Å². The molecule has 0 bridgehead atoms. The number of aryl methyl sites for hydroxylation is 1. The van der Waals surface area contributed by atoms with Gasteiger partial charge in [0.1, 0.15) is 5.02 Å². The fraction of sp³-hybridized carbons (Fsp3) is 0.143. The van der Waals surface area contributed by atoms with Crippen molar-refractivity contribution in [1.29, 1.82) is 0 Å². The molecule has 1 unspecified atom stereocenters. The summed E-state index contributed by atoms with van der Waals surface area (Å²) in [5.41, 5.74) is 2.91. The third-order valence-corrected chi connectivity index (χ3v) is 4.63. The molecule has 8 heteroatoms. The Bertz CT molecular complexity index is 1010. The zero-order valence-corrected chi connectivity index (χ0v) is 16.4. The second-order valence-electron chi connectivity index (χ2n) is 6.52. The first-order valence-corrected chi connectivity index (χ1v) is 9.28. The number of hydrogen-bond acceptors (Lipinski definition) is 4. The van der Waals surface area contributed by atoms with Crippen molar-refractivity contribution in [3.8, 4) is 0 Å². The Labute approximate surface area is 172 Å². The Morgan fingerprint density at radius 2 is 1.93 bits per heavy atom. The van der Waals surface area contributed by atoms with Gasteiger partial charge in [-0.05, 0) is 43.2 Å². The Morgan fingerprint density at radius 1 is 1.17 bits per heavy atom. The van der Waals surface area contributed by atoms with Gasteiger partial charge in [0.15, 0.2) is 0 Å². The Hall–Kier alpha value is -3.45. The van der Waals surface area contributed by atoms with E-state index in [2.05, 4.69) is 15.6 Å². The van der Waals surface area contributed by atoms with Gasteiger partial charge in [-0.15, -0.1) is 0 Å². The molecule has 2 amide bonds. The second-order valence-corrected chi connectivity index (χ2v) is 6.93. The summed E-state index contributed by atoms with van der Waals surface area (Å²) in [6.07, 6.45) is 2.21. The standard InChI is InChI=1S/C21H19ClN4O3/c1-14-5-7-15(8-6-14)12-19(18-4-2-3-11-23-18)25-21(27)24-16-9-10-17(22)20(13-16)26(28)29/h2-11,13,19H,12H2,1H3,(H2,24,25,27). The topological polar surface area (TPSA) is 97.2 Å². The number of urea groups is 1. The van der Waals surface area contributed by atoms with Crippen molar-refractivity contribution in [2.24, 2.45) is 0 Å². The molecule has 2 aromatic carbocycles. The van der Waals surface area contributed by atoms with Crippen molar-refractivity contribution in [3.05, 3.63) is 98.8 Å². The maximum Gasteiger partial charge on any atom is 0.319 e. The van der Waals surface area contributed by atoms with E-state index in [0.717, 1.165) is 11.1 Å². The summed E-state index contributed by atoms with van der Waals surface area (Å²) in [4.78, 5) is 27.3. The summed E-state index contributed by atoms with van der Waals surface area (Å²) in [7, 11) is 0. The number of pyridine rings is 1. The van der Waals surface area contributed by atoms with Crippen LogP contribution in [0.1, 0.15) is 22.9 Å². The van der Waals surface area contributed by atoms with Crippen molar-refractivity contribution < 1.29 is 9.72 Å². The van der Waals surface area contributed by atoms with Gasteiger partial charge in [-0.2, -0.15) is 0 Å². The number of benzene rings is 2. The molecular formula is C21H19ClN4O3. The number of hydrogen-bond donors (Lipinski definition) is 2. The normalized spacial score (nSPS) is 11.5. The van der Waals surface area contributed by atoms with Gasteiger partial charge in [0.25, 0.3) is 5.69 Å².